The number of rotatable bonds is 2. The number of fused-ring (bicyclic) bond motifs is 3. The predicted molar refractivity (Wildman–Crippen MR) is 94.5 cm³/mol. The van der Waals surface area contributed by atoms with Crippen molar-refractivity contribution in [1.29, 1.82) is 0 Å². The van der Waals surface area contributed by atoms with Crippen LogP contribution in [0.1, 0.15) is 22.6 Å². The Balaban J connectivity index is 2.06. The van der Waals surface area contributed by atoms with E-state index >= 15 is 0 Å². The van der Waals surface area contributed by atoms with E-state index in [1.807, 2.05) is 45.0 Å². The van der Waals surface area contributed by atoms with Gasteiger partial charge in [0.2, 0.25) is 0 Å². The zero-order chi connectivity index (χ0) is 16.8. The first-order chi connectivity index (χ1) is 11.6. The lowest BCUT2D eigenvalue weighted by Gasteiger charge is -2.15. The van der Waals surface area contributed by atoms with E-state index in [-0.39, 0.29) is 5.56 Å². The van der Waals surface area contributed by atoms with Crippen LogP contribution in [-0.4, -0.2) is 18.9 Å². The van der Waals surface area contributed by atoms with E-state index in [0.29, 0.717) is 6.54 Å². The second-order valence-electron chi connectivity index (χ2n) is 6.15. The summed E-state index contributed by atoms with van der Waals surface area (Å²) in [5, 5.41) is 1.06. The molecule has 1 aromatic carbocycles. The van der Waals surface area contributed by atoms with Crippen molar-refractivity contribution in [3.63, 3.8) is 0 Å². The van der Waals surface area contributed by atoms with E-state index in [1.54, 1.807) is 16.8 Å². The summed E-state index contributed by atoms with van der Waals surface area (Å²) in [6.07, 6.45) is 3.52. The zero-order valence-electron chi connectivity index (χ0n) is 13.9. The maximum Gasteiger partial charge on any atom is 0.261 e. The van der Waals surface area contributed by atoms with Crippen LogP contribution in [0.4, 0.5) is 0 Å². The molecule has 0 N–H and O–H groups in total. The largest absolute Gasteiger partial charge is 0.325 e. The topological polar surface area (TPSA) is 52.2 Å². The Morgan fingerprint density at radius 2 is 1.88 bits per heavy atom. The van der Waals surface area contributed by atoms with Crippen molar-refractivity contribution >= 4 is 16.6 Å². The molecule has 0 aliphatic rings. The lowest BCUT2D eigenvalue weighted by Crippen LogP contribution is -2.23. The first kappa shape index (κ1) is 14.6. The highest BCUT2D eigenvalue weighted by Crippen LogP contribution is 2.21. The number of aryl methyl sites for hydroxylation is 1. The molecule has 24 heavy (non-hydrogen) atoms. The highest BCUT2D eigenvalue weighted by molar-refractivity contribution is 5.86. The van der Waals surface area contributed by atoms with Crippen LogP contribution >= 0.6 is 0 Å². The molecule has 4 rings (SSSR count). The molecule has 0 aliphatic heterocycles. The summed E-state index contributed by atoms with van der Waals surface area (Å²) in [7, 11) is 0. The Labute approximate surface area is 139 Å². The Morgan fingerprint density at radius 1 is 1.08 bits per heavy atom. The molecular formula is C19H18N4O. The van der Waals surface area contributed by atoms with Crippen LogP contribution < -0.4 is 5.56 Å². The molecule has 0 fully saturated rings. The van der Waals surface area contributed by atoms with Gasteiger partial charge in [-0.2, -0.15) is 0 Å². The minimum Gasteiger partial charge on any atom is -0.325 e. The van der Waals surface area contributed by atoms with Crippen LogP contribution in [0.3, 0.4) is 0 Å². The molecule has 0 saturated heterocycles. The van der Waals surface area contributed by atoms with E-state index in [1.165, 1.54) is 0 Å². The smallest absolute Gasteiger partial charge is 0.261 e. The third-order valence-corrected chi connectivity index (χ3v) is 4.56. The molecule has 3 aromatic heterocycles. The highest BCUT2D eigenvalue weighted by atomic mass is 16.1. The van der Waals surface area contributed by atoms with E-state index < -0.39 is 0 Å². The molecule has 3 heterocycles. The van der Waals surface area contributed by atoms with Crippen LogP contribution in [0.15, 0.2) is 47.5 Å². The zero-order valence-corrected chi connectivity index (χ0v) is 13.9. The quantitative estimate of drug-likeness (QED) is 0.571. The second-order valence-corrected chi connectivity index (χ2v) is 6.15. The van der Waals surface area contributed by atoms with Gasteiger partial charge < -0.3 is 4.57 Å². The predicted octanol–water partition coefficient (Wildman–Crippen LogP) is 3.02. The summed E-state index contributed by atoms with van der Waals surface area (Å²) in [5.74, 6) is 0. The Kier molecular flexibility index (Phi) is 3.23. The average Bonchev–Trinajstić information content (AvgIpc) is 2.96. The van der Waals surface area contributed by atoms with Gasteiger partial charge in [0.1, 0.15) is 5.65 Å². The SMILES string of the molecule is Cc1cncc(Cn2c(C)c(C)c(=O)n3c4ccccc4cc23)n1. The van der Waals surface area contributed by atoms with Crippen molar-refractivity contribution in [3.05, 3.63) is 75.7 Å². The molecule has 0 atom stereocenters. The maximum absolute atomic E-state index is 12.8. The van der Waals surface area contributed by atoms with Gasteiger partial charge in [0, 0.05) is 22.8 Å². The minimum atomic E-state index is 0.0373. The van der Waals surface area contributed by atoms with Crippen molar-refractivity contribution < 1.29 is 0 Å². The molecule has 0 radical (unpaired) electrons. The van der Waals surface area contributed by atoms with Gasteiger partial charge in [-0.15, -0.1) is 0 Å². The molecule has 0 spiro atoms. The van der Waals surface area contributed by atoms with E-state index in [9.17, 15) is 4.79 Å². The van der Waals surface area contributed by atoms with Crippen LogP contribution in [0, 0.1) is 20.8 Å². The molecule has 5 heteroatoms. The van der Waals surface area contributed by atoms with Gasteiger partial charge in [-0.05, 0) is 32.9 Å². The lowest BCUT2D eigenvalue weighted by molar-refractivity contribution is 0.729. The van der Waals surface area contributed by atoms with Crippen molar-refractivity contribution in [3.8, 4) is 0 Å². The third-order valence-electron chi connectivity index (χ3n) is 4.56. The Hall–Kier alpha value is -2.95. The summed E-state index contributed by atoms with van der Waals surface area (Å²) in [4.78, 5) is 21.6. The van der Waals surface area contributed by atoms with Gasteiger partial charge in [-0.1, -0.05) is 18.2 Å². The number of hydrogen-bond donors (Lipinski definition) is 0. The molecule has 5 nitrogen and oxygen atoms in total. The van der Waals surface area contributed by atoms with Gasteiger partial charge in [0.25, 0.3) is 5.56 Å². The fourth-order valence-electron chi connectivity index (χ4n) is 3.20. The lowest BCUT2D eigenvalue weighted by atomic mass is 10.2. The number of para-hydroxylation sites is 1. The molecule has 0 amide bonds. The van der Waals surface area contributed by atoms with E-state index in [0.717, 1.165) is 39.2 Å². The first-order valence-corrected chi connectivity index (χ1v) is 7.94. The standard InChI is InChI=1S/C19H18N4O/c1-12-9-20-10-16(21-12)11-22-14(3)13(2)19(24)23-17-7-5-4-6-15(17)8-18(22)23/h4-10H,11H2,1-3H3. The summed E-state index contributed by atoms with van der Waals surface area (Å²) in [6, 6.07) is 10.0. The number of benzene rings is 1. The van der Waals surface area contributed by atoms with Gasteiger partial charge in [0.15, 0.2) is 0 Å². The van der Waals surface area contributed by atoms with Crippen molar-refractivity contribution in [2.24, 2.45) is 0 Å². The summed E-state index contributed by atoms with van der Waals surface area (Å²) < 4.78 is 3.93. The van der Waals surface area contributed by atoms with Crippen LogP contribution in [0.25, 0.3) is 16.6 Å². The summed E-state index contributed by atoms with van der Waals surface area (Å²) in [5.41, 5.74) is 5.34. The average molecular weight is 318 g/mol. The van der Waals surface area contributed by atoms with Crippen LogP contribution in [0.2, 0.25) is 0 Å². The van der Waals surface area contributed by atoms with Gasteiger partial charge in [-0.3, -0.25) is 19.2 Å². The number of hydrogen-bond acceptors (Lipinski definition) is 3. The normalized spacial score (nSPS) is 11.5. The van der Waals surface area contributed by atoms with E-state index in [4.69, 9.17) is 0 Å². The fourth-order valence-corrected chi connectivity index (χ4v) is 3.20. The molecule has 120 valence electrons. The number of aromatic nitrogens is 4. The van der Waals surface area contributed by atoms with E-state index in [2.05, 4.69) is 20.6 Å². The molecule has 0 aliphatic carbocycles. The summed E-state index contributed by atoms with van der Waals surface area (Å²) in [6.45, 7) is 6.38. The van der Waals surface area contributed by atoms with Crippen molar-refractivity contribution in [1.82, 2.24) is 18.9 Å². The van der Waals surface area contributed by atoms with Gasteiger partial charge in [-0.25, -0.2) is 0 Å². The van der Waals surface area contributed by atoms with Gasteiger partial charge in [0.05, 0.1) is 29.6 Å². The van der Waals surface area contributed by atoms with Crippen molar-refractivity contribution in [2.75, 3.05) is 0 Å². The molecule has 0 saturated carbocycles. The van der Waals surface area contributed by atoms with Crippen LogP contribution in [0.5, 0.6) is 0 Å². The molecule has 0 bridgehead atoms. The van der Waals surface area contributed by atoms with Crippen molar-refractivity contribution in [2.45, 2.75) is 27.3 Å². The molecule has 0 unspecified atom stereocenters. The molecular weight excluding hydrogens is 300 g/mol. The third kappa shape index (κ3) is 2.12. The monoisotopic (exact) mass is 318 g/mol. The maximum atomic E-state index is 12.8. The highest BCUT2D eigenvalue weighted by Gasteiger charge is 2.15. The van der Waals surface area contributed by atoms with Crippen LogP contribution in [-0.2, 0) is 6.54 Å². The Morgan fingerprint density at radius 3 is 2.67 bits per heavy atom. The molecule has 4 aromatic rings. The minimum absolute atomic E-state index is 0.0373. The number of nitrogens with zero attached hydrogens (tertiary/aromatic N) is 4. The van der Waals surface area contributed by atoms with Gasteiger partial charge >= 0.3 is 0 Å². The Bertz CT molecular complexity index is 1140. The fraction of sp³-hybridized carbons (Fsp3) is 0.211. The first-order valence-electron chi connectivity index (χ1n) is 7.94. The summed E-state index contributed by atoms with van der Waals surface area (Å²) >= 11 is 0. The second kappa shape index (κ2) is 5.30.